The van der Waals surface area contributed by atoms with Crippen LogP contribution in [0.15, 0.2) is 23.1 Å². The van der Waals surface area contributed by atoms with Crippen molar-refractivity contribution >= 4 is 34.0 Å². The predicted molar refractivity (Wildman–Crippen MR) is 72.1 cm³/mol. The lowest BCUT2D eigenvalue weighted by molar-refractivity contribution is 0.394. The van der Waals surface area contributed by atoms with Crippen LogP contribution in [0.4, 0.5) is 4.39 Å². The second kappa shape index (κ2) is 6.68. The Kier molecular flexibility index (Phi) is 6.53. The molecule has 0 spiro atoms. The zero-order valence-electron chi connectivity index (χ0n) is 9.93. The third-order valence-corrected chi connectivity index (χ3v) is 4.97. The number of hydrogen-bond donors (Lipinski definition) is 1. The van der Waals surface area contributed by atoms with E-state index in [0.29, 0.717) is 0 Å². The molecule has 0 aliphatic rings. The van der Waals surface area contributed by atoms with Crippen molar-refractivity contribution in [1.82, 2.24) is 4.31 Å². The summed E-state index contributed by atoms with van der Waals surface area (Å²) in [5.74, 6) is -0.580. The second-order valence-corrected chi connectivity index (χ2v) is 6.05. The standard InChI is InChI=1S/C10H14ClFN2O2S.ClH/c1-7(6-13)14(2)17(15,16)10-4-3-8(12)5-9(10)11;/h3-5,7H,6,13H2,1-2H3;1H. The molecule has 0 radical (unpaired) electrons. The van der Waals surface area contributed by atoms with E-state index in [1.807, 2.05) is 0 Å². The van der Waals surface area contributed by atoms with E-state index >= 15 is 0 Å². The monoisotopic (exact) mass is 316 g/mol. The molecule has 8 heteroatoms. The Morgan fingerprint density at radius 2 is 2.06 bits per heavy atom. The van der Waals surface area contributed by atoms with Crippen molar-refractivity contribution in [3.8, 4) is 0 Å². The van der Waals surface area contributed by atoms with Gasteiger partial charge in [-0.2, -0.15) is 4.31 Å². The molecular formula is C10H15Cl2FN2O2S. The highest BCUT2D eigenvalue weighted by molar-refractivity contribution is 7.89. The third kappa shape index (κ3) is 3.55. The molecule has 1 unspecified atom stereocenters. The maximum absolute atomic E-state index is 12.8. The van der Waals surface area contributed by atoms with Gasteiger partial charge in [-0.25, -0.2) is 12.8 Å². The lowest BCUT2D eigenvalue weighted by Gasteiger charge is -2.23. The number of rotatable bonds is 4. The molecule has 0 fully saturated rings. The summed E-state index contributed by atoms with van der Waals surface area (Å²) < 4.78 is 38.2. The van der Waals surface area contributed by atoms with Gasteiger partial charge in [0.2, 0.25) is 10.0 Å². The zero-order chi connectivity index (χ0) is 13.2. The molecule has 18 heavy (non-hydrogen) atoms. The molecule has 0 aromatic heterocycles. The van der Waals surface area contributed by atoms with Gasteiger partial charge in [0.25, 0.3) is 0 Å². The van der Waals surface area contributed by atoms with Crippen LogP contribution in [0.3, 0.4) is 0 Å². The lowest BCUT2D eigenvalue weighted by Crippen LogP contribution is -2.39. The Morgan fingerprint density at radius 1 is 1.50 bits per heavy atom. The number of benzene rings is 1. The first-order valence-electron chi connectivity index (χ1n) is 4.94. The molecule has 1 aromatic rings. The smallest absolute Gasteiger partial charge is 0.244 e. The highest BCUT2D eigenvalue weighted by atomic mass is 35.5. The summed E-state index contributed by atoms with van der Waals surface area (Å²) in [5.41, 5.74) is 5.41. The van der Waals surface area contributed by atoms with Crippen LogP contribution in [-0.4, -0.2) is 32.4 Å². The summed E-state index contributed by atoms with van der Waals surface area (Å²) in [6.45, 7) is 1.86. The van der Waals surface area contributed by atoms with Gasteiger partial charge in [0.15, 0.2) is 0 Å². The van der Waals surface area contributed by atoms with Gasteiger partial charge in [0.1, 0.15) is 10.7 Å². The largest absolute Gasteiger partial charge is 0.329 e. The van der Waals surface area contributed by atoms with E-state index in [0.717, 1.165) is 22.5 Å². The Bertz CT molecular complexity index is 511. The normalized spacial score (nSPS) is 13.2. The Hall–Kier alpha value is -0.400. The fourth-order valence-corrected chi connectivity index (χ4v) is 3.10. The molecule has 4 nitrogen and oxygen atoms in total. The van der Waals surface area contributed by atoms with Crippen LogP contribution in [0.2, 0.25) is 5.02 Å². The van der Waals surface area contributed by atoms with Crippen LogP contribution in [0.25, 0.3) is 0 Å². The Balaban J connectivity index is 0.00000289. The first kappa shape index (κ1) is 17.6. The molecule has 0 saturated carbocycles. The van der Waals surface area contributed by atoms with Crippen LogP contribution in [0, 0.1) is 5.82 Å². The maximum atomic E-state index is 12.8. The minimum Gasteiger partial charge on any atom is -0.329 e. The molecule has 104 valence electrons. The zero-order valence-corrected chi connectivity index (χ0v) is 12.3. The molecule has 1 atom stereocenters. The summed E-state index contributed by atoms with van der Waals surface area (Å²) >= 11 is 5.73. The number of hydrogen-bond acceptors (Lipinski definition) is 3. The highest BCUT2D eigenvalue weighted by Crippen LogP contribution is 2.25. The number of halogens is 3. The van der Waals surface area contributed by atoms with Crippen LogP contribution < -0.4 is 5.73 Å². The second-order valence-electron chi connectivity index (χ2n) is 3.68. The van der Waals surface area contributed by atoms with Crippen LogP contribution in [0.5, 0.6) is 0 Å². The van der Waals surface area contributed by atoms with E-state index in [4.69, 9.17) is 17.3 Å². The van der Waals surface area contributed by atoms with Gasteiger partial charge in [-0.05, 0) is 25.1 Å². The molecule has 0 bridgehead atoms. The van der Waals surface area contributed by atoms with Crippen molar-refractivity contribution in [1.29, 1.82) is 0 Å². The first-order valence-corrected chi connectivity index (χ1v) is 6.75. The Morgan fingerprint density at radius 3 is 2.50 bits per heavy atom. The van der Waals surface area contributed by atoms with Crippen molar-refractivity contribution in [3.05, 3.63) is 29.0 Å². The predicted octanol–water partition coefficient (Wildman–Crippen LogP) is 1.87. The van der Waals surface area contributed by atoms with E-state index < -0.39 is 15.8 Å². The summed E-state index contributed by atoms with van der Waals surface area (Å²) in [7, 11) is -2.33. The summed E-state index contributed by atoms with van der Waals surface area (Å²) in [5, 5.41) is -0.138. The van der Waals surface area contributed by atoms with Crippen molar-refractivity contribution in [2.75, 3.05) is 13.6 Å². The molecule has 1 rings (SSSR count). The fraction of sp³-hybridized carbons (Fsp3) is 0.400. The number of nitrogens with zero attached hydrogens (tertiary/aromatic N) is 1. The summed E-state index contributed by atoms with van der Waals surface area (Å²) in [4.78, 5) is -0.122. The van der Waals surface area contributed by atoms with Crippen LogP contribution in [-0.2, 0) is 10.0 Å². The average molecular weight is 317 g/mol. The van der Waals surface area contributed by atoms with Crippen LogP contribution in [0.1, 0.15) is 6.92 Å². The quantitative estimate of drug-likeness (QED) is 0.922. The Labute approximate surface area is 117 Å². The number of likely N-dealkylation sites (N-methyl/N-ethyl adjacent to an activating group) is 1. The van der Waals surface area contributed by atoms with Gasteiger partial charge in [0.05, 0.1) is 5.02 Å². The molecule has 2 N–H and O–H groups in total. The molecule has 0 saturated heterocycles. The van der Waals surface area contributed by atoms with Gasteiger partial charge in [-0.1, -0.05) is 11.6 Å². The summed E-state index contributed by atoms with van der Waals surface area (Å²) in [6, 6.07) is 2.81. The topological polar surface area (TPSA) is 63.4 Å². The molecule has 0 heterocycles. The molecular weight excluding hydrogens is 302 g/mol. The van der Waals surface area contributed by atoms with E-state index in [9.17, 15) is 12.8 Å². The number of sulfonamides is 1. The van der Waals surface area contributed by atoms with Crippen LogP contribution >= 0.6 is 24.0 Å². The van der Waals surface area contributed by atoms with E-state index in [-0.39, 0.29) is 34.9 Å². The molecule has 1 aromatic carbocycles. The third-order valence-electron chi connectivity index (χ3n) is 2.51. The van der Waals surface area contributed by atoms with Crippen molar-refractivity contribution in [2.24, 2.45) is 5.73 Å². The number of nitrogens with two attached hydrogens (primary N) is 1. The van der Waals surface area contributed by atoms with E-state index in [1.165, 1.54) is 7.05 Å². The highest BCUT2D eigenvalue weighted by Gasteiger charge is 2.26. The minimum absolute atomic E-state index is 0. The molecule has 0 aliphatic carbocycles. The first-order chi connectivity index (χ1) is 7.80. The van der Waals surface area contributed by atoms with Crippen molar-refractivity contribution in [3.63, 3.8) is 0 Å². The molecule has 0 aliphatic heterocycles. The van der Waals surface area contributed by atoms with Gasteiger partial charge in [-0.3, -0.25) is 0 Å². The fourth-order valence-electron chi connectivity index (χ4n) is 1.22. The lowest BCUT2D eigenvalue weighted by atomic mass is 10.3. The molecule has 0 amide bonds. The summed E-state index contributed by atoms with van der Waals surface area (Å²) in [6.07, 6.45) is 0. The van der Waals surface area contributed by atoms with Crippen molar-refractivity contribution in [2.45, 2.75) is 17.9 Å². The SMILES string of the molecule is CC(CN)N(C)S(=O)(=O)c1ccc(F)cc1Cl.Cl. The van der Waals surface area contributed by atoms with Crippen molar-refractivity contribution < 1.29 is 12.8 Å². The van der Waals surface area contributed by atoms with E-state index in [1.54, 1.807) is 6.92 Å². The average Bonchev–Trinajstić information content (AvgIpc) is 2.26. The van der Waals surface area contributed by atoms with Gasteiger partial charge in [0, 0.05) is 19.6 Å². The maximum Gasteiger partial charge on any atom is 0.244 e. The van der Waals surface area contributed by atoms with E-state index in [2.05, 4.69) is 0 Å². The minimum atomic E-state index is -3.74. The van der Waals surface area contributed by atoms with Gasteiger partial charge < -0.3 is 5.73 Å². The van der Waals surface area contributed by atoms with Gasteiger partial charge >= 0.3 is 0 Å². The van der Waals surface area contributed by atoms with Gasteiger partial charge in [-0.15, -0.1) is 12.4 Å².